The zero-order chi connectivity index (χ0) is 14.4. The van der Waals surface area contributed by atoms with Crippen molar-refractivity contribution in [3.05, 3.63) is 62.6 Å². The van der Waals surface area contributed by atoms with E-state index in [0.717, 1.165) is 4.40 Å². The van der Waals surface area contributed by atoms with Crippen molar-refractivity contribution in [3.63, 3.8) is 0 Å². The second-order valence-corrected chi connectivity index (χ2v) is 5.41. The lowest BCUT2D eigenvalue weighted by molar-refractivity contribution is 0.897. The maximum absolute atomic E-state index is 12.5. The van der Waals surface area contributed by atoms with E-state index in [9.17, 15) is 9.59 Å². The quantitative estimate of drug-likeness (QED) is 0.542. The molecule has 0 saturated carbocycles. The van der Waals surface area contributed by atoms with Crippen LogP contribution in [0.2, 0.25) is 0 Å². The van der Waals surface area contributed by atoms with E-state index in [1.807, 2.05) is 17.5 Å². The molecule has 0 fully saturated rings. The predicted octanol–water partition coefficient (Wildman–Crippen LogP) is 1.66. The molecule has 0 radical (unpaired) electrons. The number of thiophene rings is 1. The highest BCUT2D eigenvalue weighted by atomic mass is 32.1. The Morgan fingerprint density at radius 2 is 1.90 bits per heavy atom. The lowest BCUT2D eigenvalue weighted by Crippen LogP contribution is -2.31. The van der Waals surface area contributed by atoms with Crippen LogP contribution in [0.1, 0.15) is 0 Å². The molecule has 0 aliphatic carbocycles. The highest BCUT2D eigenvalue weighted by Gasteiger charge is 2.14. The van der Waals surface area contributed by atoms with Crippen molar-refractivity contribution in [2.24, 2.45) is 0 Å². The van der Waals surface area contributed by atoms with Gasteiger partial charge < -0.3 is 4.98 Å². The van der Waals surface area contributed by atoms with Gasteiger partial charge in [0, 0.05) is 5.39 Å². The topological polar surface area (TPSA) is 80.1 Å². The first-order valence-corrected chi connectivity index (χ1v) is 7.08. The summed E-state index contributed by atoms with van der Waals surface area (Å²) >= 11 is 1.38. The van der Waals surface area contributed by atoms with Crippen LogP contribution >= 0.6 is 11.3 Å². The Kier molecular flexibility index (Phi) is 2.48. The maximum atomic E-state index is 12.5. The molecule has 3 heterocycles. The summed E-state index contributed by atoms with van der Waals surface area (Å²) in [7, 11) is 0. The number of fused-ring (bicyclic) bond motifs is 3. The van der Waals surface area contributed by atoms with Crippen molar-refractivity contribution >= 4 is 27.9 Å². The van der Waals surface area contributed by atoms with Crippen LogP contribution in [0.3, 0.4) is 0 Å². The average Bonchev–Trinajstić information content (AvgIpc) is 3.01. The van der Waals surface area contributed by atoms with Crippen molar-refractivity contribution in [2.75, 3.05) is 0 Å². The summed E-state index contributed by atoms with van der Waals surface area (Å²) < 4.78 is 1.03. The van der Waals surface area contributed by atoms with Crippen molar-refractivity contribution in [2.45, 2.75) is 0 Å². The normalized spacial score (nSPS) is 11.2. The number of nitrogens with zero attached hydrogens (tertiary/aromatic N) is 3. The molecule has 3 aromatic heterocycles. The van der Waals surface area contributed by atoms with Crippen LogP contribution in [0.25, 0.3) is 27.1 Å². The van der Waals surface area contributed by atoms with Crippen molar-refractivity contribution < 1.29 is 0 Å². The molecule has 0 unspecified atom stereocenters. The summed E-state index contributed by atoms with van der Waals surface area (Å²) in [5.41, 5.74) is 0.0962. The van der Waals surface area contributed by atoms with Gasteiger partial charge in [-0.05, 0) is 23.6 Å². The molecular weight excluding hydrogens is 288 g/mol. The summed E-state index contributed by atoms with van der Waals surface area (Å²) in [6, 6.07) is 10.8. The molecule has 0 bridgehead atoms. The Bertz CT molecular complexity index is 1080. The van der Waals surface area contributed by atoms with Gasteiger partial charge in [-0.25, -0.2) is 9.20 Å². The van der Waals surface area contributed by atoms with Crippen molar-refractivity contribution in [3.8, 4) is 10.6 Å². The van der Waals surface area contributed by atoms with Gasteiger partial charge in [0.15, 0.2) is 11.3 Å². The molecule has 0 saturated heterocycles. The monoisotopic (exact) mass is 296 g/mol. The third-order valence-electron chi connectivity index (χ3n) is 3.23. The molecule has 0 atom stereocenters. The fourth-order valence-electron chi connectivity index (χ4n) is 2.28. The van der Waals surface area contributed by atoms with Gasteiger partial charge in [0.2, 0.25) is 0 Å². The smallest absolute Gasteiger partial charge is 0.306 e. The van der Waals surface area contributed by atoms with E-state index in [0.29, 0.717) is 15.8 Å². The minimum absolute atomic E-state index is 0.184. The molecule has 6 nitrogen and oxygen atoms in total. The van der Waals surface area contributed by atoms with E-state index in [2.05, 4.69) is 15.2 Å². The largest absolute Gasteiger partial charge is 0.334 e. The van der Waals surface area contributed by atoms with E-state index >= 15 is 0 Å². The van der Waals surface area contributed by atoms with Gasteiger partial charge in [0.05, 0.1) is 10.4 Å². The summed E-state index contributed by atoms with van der Waals surface area (Å²) in [5, 5.41) is 10.6. The van der Waals surface area contributed by atoms with Crippen molar-refractivity contribution in [1.82, 2.24) is 19.6 Å². The van der Waals surface area contributed by atoms with E-state index in [1.165, 1.54) is 11.3 Å². The van der Waals surface area contributed by atoms with Crippen LogP contribution in [-0.4, -0.2) is 19.6 Å². The molecule has 0 aliphatic heterocycles. The summed E-state index contributed by atoms with van der Waals surface area (Å²) in [6.07, 6.45) is 0. The number of nitrogens with one attached hydrogen (secondary N) is 1. The van der Waals surface area contributed by atoms with Gasteiger partial charge in [-0.3, -0.25) is 4.79 Å². The van der Waals surface area contributed by atoms with Gasteiger partial charge in [0.1, 0.15) is 0 Å². The van der Waals surface area contributed by atoms with Crippen LogP contribution in [0.5, 0.6) is 0 Å². The molecule has 4 rings (SSSR count). The third kappa shape index (κ3) is 1.71. The summed E-state index contributed by atoms with van der Waals surface area (Å²) in [6.45, 7) is 0. The first-order valence-electron chi connectivity index (χ1n) is 6.20. The first-order chi connectivity index (χ1) is 10.3. The molecule has 1 aromatic carbocycles. The van der Waals surface area contributed by atoms with Crippen molar-refractivity contribution in [1.29, 1.82) is 0 Å². The SMILES string of the molecule is O=c1[nH]c2ccccc2c2nnc(-c3cccs3)c(=O)n12. The lowest BCUT2D eigenvalue weighted by Gasteiger charge is -2.04. The number of hydrogen-bond acceptors (Lipinski definition) is 5. The Morgan fingerprint density at radius 3 is 2.71 bits per heavy atom. The molecule has 0 spiro atoms. The lowest BCUT2D eigenvalue weighted by atomic mass is 10.2. The second-order valence-electron chi connectivity index (χ2n) is 4.47. The maximum Gasteiger partial charge on any atom is 0.334 e. The van der Waals surface area contributed by atoms with Gasteiger partial charge in [-0.15, -0.1) is 21.5 Å². The zero-order valence-corrected chi connectivity index (χ0v) is 11.4. The molecule has 4 aromatic rings. The predicted molar refractivity (Wildman–Crippen MR) is 80.7 cm³/mol. The van der Waals surface area contributed by atoms with E-state index in [4.69, 9.17) is 0 Å². The molecule has 102 valence electrons. The molecule has 21 heavy (non-hydrogen) atoms. The van der Waals surface area contributed by atoms with Crippen LogP contribution in [0.4, 0.5) is 0 Å². The van der Waals surface area contributed by atoms with E-state index < -0.39 is 11.2 Å². The Hall–Kier alpha value is -2.80. The number of benzene rings is 1. The Morgan fingerprint density at radius 1 is 1.05 bits per heavy atom. The molecule has 7 heteroatoms. The fourth-order valence-corrected chi connectivity index (χ4v) is 2.98. The highest BCUT2D eigenvalue weighted by molar-refractivity contribution is 7.13. The molecular formula is C14H8N4O2S. The third-order valence-corrected chi connectivity index (χ3v) is 4.11. The van der Waals surface area contributed by atoms with Gasteiger partial charge in [-0.2, -0.15) is 0 Å². The molecule has 0 amide bonds. The number of hydrogen-bond donors (Lipinski definition) is 1. The van der Waals surface area contributed by atoms with E-state index in [1.54, 1.807) is 24.3 Å². The Labute approximate surface area is 121 Å². The van der Waals surface area contributed by atoms with Crippen LogP contribution in [0, 0.1) is 0 Å². The van der Waals surface area contributed by atoms with E-state index in [-0.39, 0.29) is 11.3 Å². The summed E-state index contributed by atoms with van der Waals surface area (Å²) in [4.78, 5) is 28.1. The van der Waals surface area contributed by atoms with Crippen LogP contribution < -0.4 is 11.2 Å². The van der Waals surface area contributed by atoms with Gasteiger partial charge >= 0.3 is 5.69 Å². The number of rotatable bonds is 1. The standard InChI is InChI=1S/C14H8N4O2S/c19-13-11(10-6-3-7-21-10)16-17-12-8-4-1-2-5-9(8)15-14(20)18(12)13/h1-7H,(H,15,20). The fraction of sp³-hybridized carbons (Fsp3) is 0. The highest BCUT2D eigenvalue weighted by Crippen LogP contribution is 2.19. The molecule has 0 aliphatic rings. The Balaban J connectivity index is 2.21. The first kappa shape index (κ1) is 12.0. The van der Waals surface area contributed by atoms with Crippen LogP contribution in [-0.2, 0) is 0 Å². The van der Waals surface area contributed by atoms with Crippen LogP contribution in [0.15, 0.2) is 51.4 Å². The number of H-pyrrole nitrogens is 1. The zero-order valence-electron chi connectivity index (χ0n) is 10.6. The summed E-state index contributed by atoms with van der Waals surface area (Å²) in [5.74, 6) is 0. The minimum Gasteiger partial charge on any atom is -0.306 e. The van der Waals surface area contributed by atoms with Gasteiger partial charge in [-0.1, -0.05) is 18.2 Å². The average molecular weight is 296 g/mol. The number of aromatic amines is 1. The number of aromatic nitrogens is 4. The van der Waals surface area contributed by atoms with Gasteiger partial charge in [0.25, 0.3) is 5.56 Å². The second kappa shape index (κ2) is 4.35. The minimum atomic E-state index is -0.513. The number of para-hydroxylation sites is 1. The molecule has 1 N–H and O–H groups in total.